The molecule has 2 N–H and O–H groups in total. The predicted molar refractivity (Wildman–Crippen MR) is 119 cm³/mol. The van der Waals surface area contributed by atoms with Crippen LogP contribution in [-0.4, -0.2) is 58.6 Å². The number of aromatic nitrogens is 2. The Morgan fingerprint density at radius 1 is 1.15 bits per heavy atom. The van der Waals surface area contributed by atoms with Crippen LogP contribution in [0.3, 0.4) is 0 Å². The molecule has 0 aromatic carbocycles. The molecule has 0 aliphatic carbocycles. The van der Waals surface area contributed by atoms with E-state index in [-0.39, 0.29) is 35.7 Å². The maximum atomic E-state index is 16.6. The number of hydrogen-bond donors (Lipinski definition) is 1. The standard InChI is InChI=1S/C23H24F2N6O2/c1-15(32)30-6-8-31(9-7-30)18-2-3-19(28-14-18)23(25)12-16(10-21(26)33)13-29-22(23)17-4-5-27-20(24)11-17/h2-5,11,13-14H,6-10,12H2,1H3,(H2,26,33). The highest BCUT2D eigenvalue weighted by atomic mass is 19.1. The Morgan fingerprint density at radius 3 is 2.52 bits per heavy atom. The first-order chi connectivity index (χ1) is 15.8. The summed E-state index contributed by atoms with van der Waals surface area (Å²) in [4.78, 5) is 38.9. The van der Waals surface area contributed by atoms with Crippen molar-refractivity contribution in [3.8, 4) is 0 Å². The second kappa shape index (κ2) is 9.05. The van der Waals surface area contributed by atoms with Gasteiger partial charge in [-0.3, -0.25) is 19.6 Å². The number of pyridine rings is 2. The van der Waals surface area contributed by atoms with E-state index in [0.29, 0.717) is 31.8 Å². The van der Waals surface area contributed by atoms with Gasteiger partial charge in [0.2, 0.25) is 17.8 Å². The number of carbonyl (C=O) groups is 2. The predicted octanol–water partition coefficient (Wildman–Crippen LogP) is 2.10. The SMILES string of the molecule is CC(=O)N1CCN(c2ccc(C3(F)CC(CC(N)=O)=CN=C3c3ccnc(F)c3)nc2)CC1. The van der Waals surface area contributed by atoms with Crippen molar-refractivity contribution in [2.45, 2.75) is 25.4 Å². The van der Waals surface area contributed by atoms with Gasteiger partial charge in [0.25, 0.3) is 0 Å². The molecule has 4 rings (SSSR count). The molecule has 2 aliphatic rings. The van der Waals surface area contributed by atoms with Crippen molar-refractivity contribution < 1.29 is 18.4 Å². The number of alkyl halides is 1. The number of anilines is 1. The Balaban J connectivity index is 1.63. The second-order valence-corrected chi connectivity index (χ2v) is 8.15. The Bertz CT molecular complexity index is 1130. The van der Waals surface area contributed by atoms with Crippen LogP contribution in [0, 0.1) is 5.95 Å². The van der Waals surface area contributed by atoms with E-state index >= 15 is 4.39 Å². The lowest BCUT2D eigenvalue weighted by Gasteiger charge is -2.36. The van der Waals surface area contributed by atoms with Crippen LogP contribution < -0.4 is 10.6 Å². The van der Waals surface area contributed by atoms with Gasteiger partial charge in [0.05, 0.1) is 23.3 Å². The third-order valence-electron chi connectivity index (χ3n) is 5.87. The minimum Gasteiger partial charge on any atom is -0.369 e. The normalized spacial score (nSPS) is 20.8. The average molecular weight is 454 g/mol. The number of piperazine rings is 1. The highest BCUT2D eigenvalue weighted by molar-refractivity contribution is 6.08. The summed E-state index contributed by atoms with van der Waals surface area (Å²) in [6.07, 6.45) is 3.91. The monoisotopic (exact) mass is 454 g/mol. The molecule has 0 spiro atoms. The van der Waals surface area contributed by atoms with Gasteiger partial charge in [0.1, 0.15) is 0 Å². The van der Waals surface area contributed by atoms with Crippen LogP contribution in [0.4, 0.5) is 14.5 Å². The first-order valence-corrected chi connectivity index (χ1v) is 10.6. The van der Waals surface area contributed by atoms with Gasteiger partial charge in [-0.1, -0.05) is 0 Å². The lowest BCUT2D eigenvalue weighted by molar-refractivity contribution is -0.129. The Hall–Kier alpha value is -3.69. The van der Waals surface area contributed by atoms with E-state index in [1.165, 1.54) is 18.5 Å². The van der Waals surface area contributed by atoms with Crippen molar-refractivity contribution >= 4 is 23.2 Å². The number of hydrogen-bond acceptors (Lipinski definition) is 6. The third kappa shape index (κ3) is 4.74. The van der Waals surface area contributed by atoms with Crippen LogP contribution in [0.5, 0.6) is 0 Å². The van der Waals surface area contributed by atoms with Crippen LogP contribution in [0.1, 0.15) is 31.0 Å². The summed E-state index contributed by atoms with van der Waals surface area (Å²) < 4.78 is 30.4. The summed E-state index contributed by atoms with van der Waals surface area (Å²) in [7, 11) is 0. The molecule has 1 fully saturated rings. The molecule has 2 aromatic rings. The molecule has 10 heteroatoms. The van der Waals surface area contributed by atoms with Gasteiger partial charge in [-0.25, -0.2) is 9.37 Å². The zero-order valence-electron chi connectivity index (χ0n) is 18.2. The number of rotatable bonds is 5. The number of primary amides is 1. The van der Waals surface area contributed by atoms with E-state index in [1.807, 2.05) is 0 Å². The maximum Gasteiger partial charge on any atom is 0.221 e. The fourth-order valence-corrected chi connectivity index (χ4v) is 4.18. The molecule has 172 valence electrons. The lowest BCUT2D eigenvalue weighted by Crippen LogP contribution is -2.48. The van der Waals surface area contributed by atoms with E-state index in [0.717, 1.165) is 11.8 Å². The van der Waals surface area contributed by atoms with E-state index in [2.05, 4.69) is 19.9 Å². The van der Waals surface area contributed by atoms with Gasteiger partial charge >= 0.3 is 0 Å². The molecule has 33 heavy (non-hydrogen) atoms. The molecule has 2 amide bonds. The van der Waals surface area contributed by atoms with Gasteiger partial charge in [-0.05, 0) is 23.8 Å². The van der Waals surface area contributed by atoms with Gasteiger partial charge in [0.15, 0.2) is 5.67 Å². The zero-order chi connectivity index (χ0) is 23.6. The van der Waals surface area contributed by atoms with Crippen LogP contribution in [0.15, 0.2) is 53.4 Å². The Morgan fingerprint density at radius 2 is 1.91 bits per heavy atom. The van der Waals surface area contributed by atoms with Crippen molar-refractivity contribution in [3.63, 3.8) is 0 Å². The van der Waals surface area contributed by atoms with E-state index < -0.39 is 17.5 Å². The van der Waals surface area contributed by atoms with E-state index in [1.54, 1.807) is 30.2 Å². The van der Waals surface area contributed by atoms with Gasteiger partial charge < -0.3 is 15.5 Å². The van der Waals surface area contributed by atoms with Gasteiger partial charge in [-0.15, -0.1) is 0 Å². The summed E-state index contributed by atoms with van der Waals surface area (Å²) in [6.45, 7) is 4.06. The smallest absolute Gasteiger partial charge is 0.221 e. The summed E-state index contributed by atoms with van der Waals surface area (Å²) in [5.74, 6) is -1.30. The average Bonchev–Trinajstić information content (AvgIpc) is 2.79. The molecule has 0 bridgehead atoms. The molecule has 1 saturated heterocycles. The van der Waals surface area contributed by atoms with E-state index in [4.69, 9.17) is 5.73 Å². The Kier molecular flexibility index (Phi) is 6.17. The third-order valence-corrected chi connectivity index (χ3v) is 5.87. The lowest BCUT2D eigenvalue weighted by atomic mass is 9.82. The molecule has 0 radical (unpaired) electrons. The molecular formula is C23H24F2N6O2. The number of amides is 2. The molecule has 8 nitrogen and oxygen atoms in total. The van der Waals surface area contributed by atoms with Gasteiger partial charge in [-0.2, -0.15) is 4.39 Å². The zero-order valence-corrected chi connectivity index (χ0v) is 18.2. The highest BCUT2D eigenvalue weighted by Gasteiger charge is 2.43. The number of halogens is 2. The van der Waals surface area contributed by atoms with Crippen molar-refractivity contribution in [3.05, 3.63) is 65.6 Å². The topological polar surface area (TPSA) is 105 Å². The van der Waals surface area contributed by atoms with Crippen LogP contribution >= 0.6 is 0 Å². The number of carbonyl (C=O) groups excluding carboxylic acids is 2. The Labute approximate surface area is 189 Å². The van der Waals surface area contributed by atoms with Crippen LogP contribution in [0.25, 0.3) is 0 Å². The molecule has 1 unspecified atom stereocenters. The summed E-state index contributed by atoms with van der Waals surface area (Å²) in [6, 6.07) is 5.94. The van der Waals surface area contributed by atoms with Crippen molar-refractivity contribution in [2.75, 3.05) is 31.1 Å². The number of nitrogens with two attached hydrogens (primary N) is 1. The molecule has 4 heterocycles. The minimum atomic E-state index is -2.18. The summed E-state index contributed by atoms with van der Waals surface area (Å²) in [5, 5.41) is 0. The first kappa shape index (κ1) is 22.5. The fraction of sp³-hybridized carbons (Fsp3) is 0.348. The first-order valence-electron chi connectivity index (χ1n) is 10.6. The maximum absolute atomic E-state index is 16.6. The largest absolute Gasteiger partial charge is 0.369 e. The minimum absolute atomic E-state index is 0.00709. The number of nitrogens with zero attached hydrogens (tertiary/aromatic N) is 5. The van der Waals surface area contributed by atoms with Gasteiger partial charge in [0, 0.05) is 70.0 Å². The van der Waals surface area contributed by atoms with Crippen LogP contribution in [-0.2, 0) is 15.3 Å². The molecule has 1 atom stereocenters. The van der Waals surface area contributed by atoms with Crippen molar-refractivity contribution in [2.24, 2.45) is 10.7 Å². The van der Waals surface area contributed by atoms with Crippen molar-refractivity contribution in [1.82, 2.24) is 14.9 Å². The summed E-state index contributed by atoms with van der Waals surface area (Å²) in [5.41, 5.74) is 4.68. The molecule has 0 saturated carbocycles. The van der Waals surface area contributed by atoms with Crippen molar-refractivity contribution in [1.29, 1.82) is 0 Å². The molecule has 2 aromatic heterocycles. The quantitative estimate of drug-likeness (QED) is 0.697. The molecule has 2 aliphatic heterocycles. The number of aliphatic imine (C=N–C) groups is 1. The fourth-order valence-electron chi connectivity index (χ4n) is 4.18. The molecular weight excluding hydrogens is 430 g/mol. The highest BCUT2D eigenvalue weighted by Crippen LogP contribution is 2.40. The van der Waals surface area contributed by atoms with Crippen LogP contribution in [0.2, 0.25) is 0 Å². The van der Waals surface area contributed by atoms with E-state index in [9.17, 15) is 14.0 Å². The summed E-state index contributed by atoms with van der Waals surface area (Å²) >= 11 is 0. The second-order valence-electron chi connectivity index (χ2n) is 8.15.